The van der Waals surface area contributed by atoms with Gasteiger partial charge in [0.15, 0.2) is 0 Å². The topological polar surface area (TPSA) is 35.5 Å². The van der Waals surface area contributed by atoms with Crippen LogP contribution < -0.4 is 10.2 Å². The number of rotatable bonds is 6. The Hall–Kier alpha value is -1.13. The van der Waals surface area contributed by atoms with Gasteiger partial charge in [0.1, 0.15) is 5.82 Å². The van der Waals surface area contributed by atoms with E-state index in [9.17, 15) is 4.39 Å². The molecule has 1 aromatic rings. The minimum absolute atomic E-state index is 0.194. The van der Waals surface area contributed by atoms with E-state index in [0.29, 0.717) is 12.2 Å². The Morgan fingerprint density at radius 1 is 1.38 bits per heavy atom. The van der Waals surface area contributed by atoms with E-state index in [-0.39, 0.29) is 12.4 Å². The summed E-state index contributed by atoms with van der Waals surface area (Å²) in [6.07, 6.45) is 0.738. The highest BCUT2D eigenvalue weighted by Crippen LogP contribution is 2.18. The maximum atomic E-state index is 13.4. The Balaban J connectivity index is 2.57. The van der Waals surface area contributed by atoms with Gasteiger partial charge in [0.05, 0.1) is 5.69 Å². The van der Waals surface area contributed by atoms with Gasteiger partial charge in [-0.2, -0.15) is 0 Å². The third-order valence-electron chi connectivity index (χ3n) is 2.33. The van der Waals surface area contributed by atoms with Crippen LogP contribution in [0.25, 0.3) is 0 Å². The predicted molar refractivity (Wildman–Crippen MR) is 64.1 cm³/mol. The summed E-state index contributed by atoms with van der Waals surface area (Å²) < 4.78 is 13.4. The molecule has 1 rings (SSSR count). The minimum atomic E-state index is -0.205. The van der Waals surface area contributed by atoms with Crippen molar-refractivity contribution in [3.63, 3.8) is 0 Å². The lowest BCUT2D eigenvalue weighted by molar-refractivity contribution is 0.286. The summed E-state index contributed by atoms with van der Waals surface area (Å²) in [6, 6.07) is 5.09. The molecule has 3 nitrogen and oxygen atoms in total. The van der Waals surface area contributed by atoms with Crippen LogP contribution >= 0.6 is 0 Å². The number of hydrogen-bond donors (Lipinski definition) is 2. The summed E-state index contributed by atoms with van der Waals surface area (Å²) >= 11 is 0. The fourth-order valence-electron chi connectivity index (χ4n) is 1.45. The zero-order valence-corrected chi connectivity index (χ0v) is 9.83. The molecule has 0 spiro atoms. The van der Waals surface area contributed by atoms with E-state index in [4.69, 9.17) is 5.11 Å². The van der Waals surface area contributed by atoms with Crippen LogP contribution in [0.5, 0.6) is 0 Å². The average Bonchev–Trinajstić information content (AvgIpc) is 2.26. The van der Waals surface area contributed by atoms with Crippen molar-refractivity contribution in [2.24, 2.45) is 0 Å². The maximum absolute atomic E-state index is 13.4. The summed E-state index contributed by atoms with van der Waals surface area (Å²) in [6.45, 7) is 1.66. The van der Waals surface area contributed by atoms with Crippen LogP contribution in [0.2, 0.25) is 0 Å². The van der Waals surface area contributed by atoms with Gasteiger partial charge in [-0.05, 0) is 30.7 Å². The maximum Gasteiger partial charge on any atom is 0.146 e. The number of benzene rings is 1. The van der Waals surface area contributed by atoms with E-state index in [1.54, 1.807) is 11.0 Å². The molecular weight excluding hydrogens is 207 g/mol. The number of hydrogen-bond acceptors (Lipinski definition) is 3. The Kier molecular flexibility index (Phi) is 5.22. The van der Waals surface area contributed by atoms with Gasteiger partial charge in [-0.15, -0.1) is 0 Å². The van der Waals surface area contributed by atoms with Crippen LogP contribution in [-0.2, 0) is 6.54 Å². The van der Waals surface area contributed by atoms with Crippen molar-refractivity contribution in [1.82, 2.24) is 5.32 Å². The van der Waals surface area contributed by atoms with Gasteiger partial charge in [0.2, 0.25) is 0 Å². The van der Waals surface area contributed by atoms with E-state index in [1.165, 1.54) is 6.07 Å². The van der Waals surface area contributed by atoms with Crippen LogP contribution in [0.15, 0.2) is 18.2 Å². The molecule has 2 N–H and O–H groups in total. The summed E-state index contributed by atoms with van der Waals surface area (Å²) in [4.78, 5) is 1.76. The van der Waals surface area contributed by atoms with Gasteiger partial charge >= 0.3 is 0 Å². The van der Waals surface area contributed by atoms with Crippen molar-refractivity contribution in [1.29, 1.82) is 0 Å². The van der Waals surface area contributed by atoms with E-state index in [1.807, 2.05) is 20.2 Å². The van der Waals surface area contributed by atoms with Crippen molar-refractivity contribution in [3.8, 4) is 0 Å². The third-order valence-corrected chi connectivity index (χ3v) is 2.33. The van der Waals surface area contributed by atoms with Crippen molar-refractivity contribution in [3.05, 3.63) is 29.6 Å². The molecule has 0 heterocycles. The molecule has 0 radical (unpaired) electrons. The van der Waals surface area contributed by atoms with Gasteiger partial charge in [-0.25, -0.2) is 4.39 Å². The Labute approximate surface area is 95.9 Å². The van der Waals surface area contributed by atoms with Gasteiger partial charge in [0.25, 0.3) is 0 Å². The molecular formula is C12H19FN2O. The number of nitrogens with zero attached hydrogens (tertiary/aromatic N) is 1. The van der Waals surface area contributed by atoms with Crippen LogP contribution in [0.1, 0.15) is 12.0 Å². The van der Waals surface area contributed by atoms with Crippen molar-refractivity contribution < 1.29 is 9.50 Å². The molecule has 0 aliphatic carbocycles. The monoisotopic (exact) mass is 226 g/mol. The lowest BCUT2D eigenvalue weighted by Gasteiger charge is -2.15. The Morgan fingerprint density at radius 2 is 2.12 bits per heavy atom. The Morgan fingerprint density at radius 3 is 2.75 bits per heavy atom. The second-order valence-corrected chi connectivity index (χ2v) is 3.93. The quantitative estimate of drug-likeness (QED) is 0.719. The number of aliphatic hydroxyl groups is 1. The summed E-state index contributed by atoms with van der Waals surface area (Å²) in [7, 11) is 3.64. The molecule has 0 amide bonds. The SMILES string of the molecule is CN(C)c1cc(CNCCCO)ccc1F. The number of nitrogens with one attached hydrogen (secondary N) is 1. The number of aliphatic hydroxyl groups excluding tert-OH is 1. The first-order chi connectivity index (χ1) is 7.65. The van der Waals surface area contributed by atoms with E-state index in [2.05, 4.69) is 5.32 Å². The molecule has 0 aliphatic rings. The van der Waals surface area contributed by atoms with Gasteiger partial charge in [-0.1, -0.05) is 6.07 Å². The first-order valence-electron chi connectivity index (χ1n) is 5.42. The predicted octanol–water partition coefficient (Wildman–Crippen LogP) is 1.36. The zero-order valence-electron chi connectivity index (χ0n) is 9.83. The molecule has 1 aromatic carbocycles. The standard InChI is InChI=1S/C12H19FN2O/c1-15(2)12-8-10(4-5-11(12)13)9-14-6-3-7-16/h4-5,8,14,16H,3,6-7,9H2,1-2H3. The summed E-state index contributed by atoms with van der Waals surface area (Å²) in [5, 5.41) is 11.8. The van der Waals surface area contributed by atoms with Crippen LogP contribution in [-0.4, -0.2) is 32.4 Å². The molecule has 0 aliphatic heterocycles. The molecule has 0 aromatic heterocycles. The molecule has 0 bridgehead atoms. The van der Waals surface area contributed by atoms with Crippen molar-refractivity contribution in [2.75, 3.05) is 32.1 Å². The first-order valence-corrected chi connectivity index (χ1v) is 5.42. The lowest BCUT2D eigenvalue weighted by atomic mass is 10.2. The fraction of sp³-hybridized carbons (Fsp3) is 0.500. The number of halogens is 1. The highest BCUT2D eigenvalue weighted by Gasteiger charge is 2.04. The minimum Gasteiger partial charge on any atom is -0.396 e. The van der Waals surface area contributed by atoms with Crippen LogP contribution in [0.4, 0.5) is 10.1 Å². The Bertz CT molecular complexity index is 329. The van der Waals surface area contributed by atoms with E-state index in [0.717, 1.165) is 18.5 Å². The van der Waals surface area contributed by atoms with E-state index < -0.39 is 0 Å². The lowest BCUT2D eigenvalue weighted by Crippen LogP contribution is -2.17. The summed E-state index contributed by atoms with van der Waals surface area (Å²) in [5.41, 5.74) is 1.64. The second-order valence-electron chi connectivity index (χ2n) is 3.93. The van der Waals surface area contributed by atoms with Crippen LogP contribution in [0, 0.1) is 5.82 Å². The molecule has 0 saturated carbocycles. The molecule has 90 valence electrons. The van der Waals surface area contributed by atoms with Crippen LogP contribution in [0.3, 0.4) is 0 Å². The van der Waals surface area contributed by atoms with Gasteiger partial charge in [-0.3, -0.25) is 0 Å². The molecule has 16 heavy (non-hydrogen) atoms. The normalized spacial score (nSPS) is 10.5. The molecule has 0 fully saturated rings. The smallest absolute Gasteiger partial charge is 0.146 e. The molecule has 0 atom stereocenters. The van der Waals surface area contributed by atoms with E-state index >= 15 is 0 Å². The highest BCUT2D eigenvalue weighted by atomic mass is 19.1. The molecule has 4 heteroatoms. The van der Waals surface area contributed by atoms with Crippen molar-refractivity contribution >= 4 is 5.69 Å². The van der Waals surface area contributed by atoms with Gasteiger partial charge < -0.3 is 15.3 Å². The molecule has 0 unspecified atom stereocenters. The third kappa shape index (κ3) is 3.79. The summed E-state index contributed by atoms with van der Waals surface area (Å²) in [5.74, 6) is -0.205. The van der Waals surface area contributed by atoms with Gasteiger partial charge in [0, 0.05) is 27.2 Å². The molecule has 0 saturated heterocycles. The second kappa shape index (κ2) is 6.45. The number of anilines is 1. The first kappa shape index (κ1) is 12.9. The average molecular weight is 226 g/mol. The highest BCUT2D eigenvalue weighted by molar-refractivity contribution is 5.48. The zero-order chi connectivity index (χ0) is 12.0. The fourth-order valence-corrected chi connectivity index (χ4v) is 1.45. The largest absolute Gasteiger partial charge is 0.396 e. The van der Waals surface area contributed by atoms with Crippen molar-refractivity contribution in [2.45, 2.75) is 13.0 Å².